The van der Waals surface area contributed by atoms with Crippen LogP contribution in [0.15, 0.2) is 41.7 Å². The SMILES string of the molecule is C[C@]1(c2cnn(-c3cccc(C#N)c3)c2)N=C(N)OCC1(F)F. The van der Waals surface area contributed by atoms with Crippen LogP contribution in [0.25, 0.3) is 5.69 Å². The molecule has 0 aliphatic carbocycles. The largest absolute Gasteiger partial charge is 0.459 e. The van der Waals surface area contributed by atoms with E-state index in [0.717, 1.165) is 0 Å². The molecule has 0 saturated carbocycles. The van der Waals surface area contributed by atoms with Gasteiger partial charge in [-0.3, -0.25) is 0 Å². The normalized spacial score (nSPS) is 22.8. The first kappa shape index (κ1) is 15.0. The van der Waals surface area contributed by atoms with Gasteiger partial charge in [0, 0.05) is 11.8 Å². The molecular formula is C15H13F2N5O. The predicted molar refractivity (Wildman–Crippen MR) is 78.2 cm³/mol. The van der Waals surface area contributed by atoms with Crippen molar-refractivity contribution in [2.75, 3.05) is 6.61 Å². The highest BCUT2D eigenvalue weighted by Gasteiger charge is 2.55. The maximum absolute atomic E-state index is 14.3. The van der Waals surface area contributed by atoms with Crippen molar-refractivity contribution < 1.29 is 13.5 Å². The van der Waals surface area contributed by atoms with Crippen LogP contribution in [0.4, 0.5) is 8.78 Å². The monoisotopic (exact) mass is 317 g/mol. The van der Waals surface area contributed by atoms with E-state index in [1.807, 2.05) is 6.07 Å². The lowest BCUT2D eigenvalue weighted by molar-refractivity contribution is -0.116. The van der Waals surface area contributed by atoms with Crippen molar-refractivity contribution in [3.63, 3.8) is 0 Å². The minimum absolute atomic E-state index is 0.205. The Morgan fingerprint density at radius 2 is 2.22 bits per heavy atom. The summed E-state index contributed by atoms with van der Waals surface area (Å²) in [5, 5.41) is 13.0. The van der Waals surface area contributed by atoms with Crippen molar-refractivity contribution in [3.05, 3.63) is 47.8 Å². The number of rotatable bonds is 2. The lowest BCUT2D eigenvalue weighted by atomic mass is 9.88. The maximum Gasteiger partial charge on any atom is 0.310 e. The lowest BCUT2D eigenvalue weighted by Gasteiger charge is -2.36. The summed E-state index contributed by atoms with van der Waals surface area (Å²) in [6.07, 6.45) is 2.77. The molecule has 0 amide bonds. The number of benzene rings is 1. The number of aliphatic imine (C=N–C) groups is 1. The average molecular weight is 317 g/mol. The first-order valence-corrected chi connectivity index (χ1v) is 6.77. The van der Waals surface area contributed by atoms with E-state index < -0.39 is 18.1 Å². The third kappa shape index (κ3) is 2.40. The fourth-order valence-electron chi connectivity index (χ4n) is 2.35. The number of aromatic nitrogens is 2. The summed E-state index contributed by atoms with van der Waals surface area (Å²) in [4.78, 5) is 3.79. The van der Waals surface area contributed by atoms with Crippen molar-refractivity contribution in [2.24, 2.45) is 10.7 Å². The summed E-state index contributed by atoms with van der Waals surface area (Å²) in [5.41, 5.74) is 4.84. The molecule has 0 unspecified atom stereocenters. The van der Waals surface area contributed by atoms with Crippen molar-refractivity contribution in [3.8, 4) is 11.8 Å². The van der Waals surface area contributed by atoms with E-state index in [1.165, 1.54) is 24.0 Å². The minimum Gasteiger partial charge on any atom is -0.459 e. The molecule has 1 aromatic heterocycles. The highest BCUT2D eigenvalue weighted by Crippen LogP contribution is 2.43. The Balaban J connectivity index is 2.04. The van der Waals surface area contributed by atoms with Crippen LogP contribution in [0.2, 0.25) is 0 Å². The van der Waals surface area contributed by atoms with Gasteiger partial charge in [-0.25, -0.2) is 9.67 Å². The first-order chi connectivity index (χ1) is 10.9. The lowest BCUT2D eigenvalue weighted by Crippen LogP contribution is -2.50. The van der Waals surface area contributed by atoms with Gasteiger partial charge < -0.3 is 10.5 Å². The third-order valence-electron chi connectivity index (χ3n) is 3.83. The number of hydrogen-bond acceptors (Lipinski definition) is 5. The number of nitrogens with two attached hydrogens (primary N) is 1. The summed E-state index contributed by atoms with van der Waals surface area (Å²) in [7, 11) is 0. The molecular weight excluding hydrogens is 304 g/mol. The Kier molecular flexibility index (Phi) is 3.29. The van der Waals surface area contributed by atoms with Gasteiger partial charge in [0.05, 0.1) is 23.5 Å². The number of amidine groups is 1. The van der Waals surface area contributed by atoms with Gasteiger partial charge in [-0.05, 0) is 25.1 Å². The smallest absolute Gasteiger partial charge is 0.310 e. The van der Waals surface area contributed by atoms with Crippen LogP contribution in [0.3, 0.4) is 0 Å². The fraction of sp³-hybridized carbons (Fsp3) is 0.267. The van der Waals surface area contributed by atoms with Gasteiger partial charge >= 0.3 is 5.92 Å². The van der Waals surface area contributed by atoms with Gasteiger partial charge in [-0.15, -0.1) is 0 Å². The summed E-state index contributed by atoms with van der Waals surface area (Å²) in [6, 6.07) is 8.41. The molecule has 118 valence electrons. The second-order valence-electron chi connectivity index (χ2n) is 5.35. The van der Waals surface area contributed by atoms with E-state index in [4.69, 9.17) is 11.0 Å². The maximum atomic E-state index is 14.3. The zero-order valence-electron chi connectivity index (χ0n) is 12.2. The second kappa shape index (κ2) is 5.05. The van der Waals surface area contributed by atoms with E-state index in [-0.39, 0.29) is 11.6 Å². The van der Waals surface area contributed by atoms with E-state index in [1.54, 1.807) is 24.3 Å². The van der Waals surface area contributed by atoms with Crippen LogP contribution >= 0.6 is 0 Å². The minimum atomic E-state index is -3.22. The Morgan fingerprint density at radius 1 is 1.43 bits per heavy atom. The number of halogens is 2. The topological polar surface area (TPSA) is 89.2 Å². The molecule has 1 aliphatic heterocycles. The Bertz CT molecular complexity index is 823. The summed E-state index contributed by atoms with van der Waals surface area (Å²) in [5.74, 6) is -3.22. The number of nitrogens with zero attached hydrogens (tertiary/aromatic N) is 4. The zero-order valence-corrected chi connectivity index (χ0v) is 12.2. The molecule has 0 saturated heterocycles. The molecule has 1 atom stereocenters. The van der Waals surface area contributed by atoms with Gasteiger partial charge in [0.15, 0.2) is 12.1 Å². The molecule has 2 heterocycles. The quantitative estimate of drug-likeness (QED) is 0.916. The van der Waals surface area contributed by atoms with E-state index in [9.17, 15) is 8.78 Å². The highest BCUT2D eigenvalue weighted by molar-refractivity contribution is 5.73. The van der Waals surface area contributed by atoms with Crippen LogP contribution in [-0.2, 0) is 10.3 Å². The summed E-state index contributed by atoms with van der Waals surface area (Å²) in [6.45, 7) is 0.448. The molecule has 1 aliphatic rings. The number of alkyl halides is 2. The number of nitriles is 1. The van der Waals surface area contributed by atoms with Crippen molar-refractivity contribution in [2.45, 2.75) is 18.4 Å². The fourth-order valence-corrected chi connectivity index (χ4v) is 2.35. The van der Waals surface area contributed by atoms with Crippen LogP contribution in [-0.4, -0.2) is 28.3 Å². The standard InChI is InChI=1S/C15H13F2N5O/c1-14(15(16,17)9-23-13(19)21-14)11-7-20-22(8-11)12-4-2-3-10(5-12)6-18/h2-5,7-8H,9H2,1H3,(H2,19,21)/t14-/m1/s1. The zero-order chi connectivity index (χ0) is 16.7. The van der Waals surface area contributed by atoms with Gasteiger partial charge in [-0.2, -0.15) is 19.1 Å². The Labute approximate surface area is 130 Å². The highest BCUT2D eigenvalue weighted by atomic mass is 19.3. The van der Waals surface area contributed by atoms with Gasteiger partial charge in [-0.1, -0.05) is 6.07 Å². The first-order valence-electron chi connectivity index (χ1n) is 6.77. The molecule has 3 rings (SSSR count). The molecule has 0 radical (unpaired) electrons. The van der Waals surface area contributed by atoms with Gasteiger partial charge in [0.2, 0.25) is 0 Å². The van der Waals surface area contributed by atoms with Gasteiger partial charge in [0.1, 0.15) is 0 Å². The summed E-state index contributed by atoms with van der Waals surface area (Å²) >= 11 is 0. The molecule has 0 fully saturated rings. The Hall–Kier alpha value is -2.95. The molecule has 0 spiro atoms. The average Bonchev–Trinajstić information content (AvgIpc) is 3.02. The molecule has 8 heteroatoms. The molecule has 6 nitrogen and oxygen atoms in total. The van der Waals surface area contributed by atoms with Crippen LogP contribution in [0, 0.1) is 11.3 Å². The van der Waals surface area contributed by atoms with Gasteiger partial charge in [0.25, 0.3) is 6.02 Å². The van der Waals surface area contributed by atoms with E-state index in [0.29, 0.717) is 11.3 Å². The number of ether oxygens (including phenoxy) is 1. The van der Waals surface area contributed by atoms with Crippen LogP contribution < -0.4 is 5.73 Å². The molecule has 0 bridgehead atoms. The molecule has 23 heavy (non-hydrogen) atoms. The predicted octanol–water partition coefficient (Wildman–Crippen LogP) is 1.94. The number of hydrogen-bond donors (Lipinski definition) is 1. The van der Waals surface area contributed by atoms with E-state index in [2.05, 4.69) is 14.8 Å². The second-order valence-corrected chi connectivity index (χ2v) is 5.35. The molecule has 2 aromatic rings. The van der Waals surface area contributed by atoms with Crippen molar-refractivity contribution in [1.82, 2.24) is 9.78 Å². The molecule has 2 N–H and O–H groups in total. The third-order valence-corrected chi connectivity index (χ3v) is 3.83. The van der Waals surface area contributed by atoms with Crippen molar-refractivity contribution >= 4 is 6.02 Å². The summed E-state index contributed by atoms with van der Waals surface area (Å²) < 4.78 is 34.6. The molecule has 1 aromatic carbocycles. The Morgan fingerprint density at radius 3 is 2.96 bits per heavy atom. The van der Waals surface area contributed by atoms with Crippen LogP contribution in [0.5, 0.6) is 0 Å². The van der Waals surface area contributed by atoms with Crippen molar-refractivity contribution in [1.29, 1.82) is 5.26 Å². The van der Waals surface area contributed by atoms with E-state index >= 15 is 0 Å². The van der Waals surface area contributed by atoms with Crippen LogP contribution in [0.1, 0.15) is 18.1 Å².